The topological polar surface area (TPSA) is 54.3 Å². The monoisotopic (exact) mass is 208 g/mol. The maximum atomic E-state index is 11.0. The average molecular weight is 208 g/mol. The summed E-state index contributed by atoms with van der Waals surface area (Å²) in [6, 6.07) is 3.88. The SMILES string of the molecule is CC(C)C1NCCn2c(C(=O)O)ccc21. The van der Waals surface area contributed by atoms with Crippen molar-refractivity contribution in [1.29, 1.82) is 0 Å². The van der Waals surface area contributed by atoms with Gasteiger partial charge in [-0.05, 0) is 18.1 Å². The first-order valence-electron chi connectivity index (χ1n) is 5.27. The molecule has 1 aliphatic heterocycles. The Morgan fingerprint density at radius 1 is 1.60 bits per heavy atom. The fourth-order valence-corrected chi connectivity index (χ4v) is 2.20. The molecule has 0 spiro atoms. The van der Waals surface area contributed by atoms with Gasteiger partial charge in [-0.25, -0.2) is 4.79 Å². The van der Waals surface area contributed by atoms with E-state index in [2.05, 4.69) is 19.2 Å². The number of carboxylic acids is 1. The summed E-state index contributed by atoms with van der Waals surface area (Å²) in [5, 5.41) is 12.4. The molecule has 0 aromatic carbocycles. The molecule has 82 valence electrons. The minimum atomic E-state index is -0.842. The molecular weight excluding hydrogens is 192 g/mol. The maximum absolute atomic E-state index is 11.0. The van der Waals surface area contributed by atoms with E-state index >= 15 is 0 Å². The molecule has 0 fully saturated rings. The van der Waals surface area contributed by atoms with E-state index in [1.54, 1.807) is 6.07 Å². The van der Waals surface area contributed by atoms with Crippen molar-refractivity contribution in [1.82, 2.24) is 9.88 Å². The van der Waals surface area contributed by atoms with Gasteiger partial charge in [0.2, 0.25) is 0 Å². The Morgan fingerprint density at radius 3 is 2.93 bits per heavy atom. The van der Waals surface area contributed by atoms with Gasteiger partial charge in [0.1, 0.15) is 5.69 Å². The summed E-state index contributed by atoms with van der Waals surface area (Å²) >= 11 is 0. The zero-order chi connectivity index (χ0) is 11.0. The lowest BCUT2D eigenvalue weighted by Crippen LogP contribution is -2.36. The number of aromatic carboxylic acids is 1. The molecule has 2 heterocycles. The van der Waals surface area contributed by atoms with Crippen LogP contribution in [-0.2, 0) is 6.54 Å². The summed E-state index contributed by atoms with van der Waals surface area (Å²) in [5.74, 6) is -0.369. The van der Waals surface area contributed by atoms with Crippen LogP contribution in [0.1, 0.15) is 36.1 Å². The number of rotatable bonds is 2. The Bertz CT molecular complexity index is 382. The Labute approximate surface area is 88.9 Å². The van der Waals surface area contributed by atoms with Crippen molar-refractivity contribution < 1.29 is 9.90 Å². The number of carboxylic acid groups (broad SMARTS) is 1. The van der Waals surface area contributed by atoms with Gasteiger partial charge >= 0.3 is 5.97 Å². The molecular formula is C11H16N2O2. The van der Waals surface area contributed by atoms with Gasteiger partial charge < -0.3 is 15.0 Å². The lowest BCUT2D eigenvalue weighted by molar-refractivity contribution is 0.0683. The van der Waals surface area contributed by atoms with E-state index in [9.17, 15) is 4.79 Å². The first kappa shape index (κ1) is 10.2. The molecule has 0 amide bonds. The van der Waals surface area contributed by atoms with Crippen LogP contribution in [0.3, 0.4) is 0 Å². The number of nitrogens with zero attached hydrogens (tertiary/aromatic N) is 1. The van der Waals surface area contributed by atoms with E-state index in [-0.39, 0.29) is 6.04 Å². The molecule has 1 aromatic rings. The number of aromatic nitrogens is 1. The molecule has 0 saturated heterocycles. The molecule has 0 aliphatic carbocycles. The molecule has 1 aromatic heterocycles. The van der Waals surface area contributed by atoms with Gasteiger partial charge in [-0.1, -0.05) is 13.8 Å². The van der Waals surface area contributed by atoms with Gasteiger partial charge in [0.05, 0.1) is 0 Å². The molecule has 0 saturated carbocycles. The predicted octanol–water partition coefficient (Wildman–Crippen LogP) is 1.49. The Hall–Kier alpha value is -1.29. The van der Waals surface area contributed by atoms with Crippen molar-refractivity contribution in [2.45, 2.75) is 26.4 Å². The predicted molar refractivity (Wildman–Crippen MR) is 57.0 cm³/mol. The highest BCUT2D eigenvalue weighted by molar-refractivity contribution is 5.86. The third kappa shape index (κ3) is 1.65. The summed E-state index contributed by atoms with van der Waals surface area (Å²) in [7, 11) is 0. The molecule has 2 rings (SSSR count). The highest BCUT2D eigenvalue weighted by atomic mass is 16.4. The van der Waals surface area contributed by atoms with E-state index < -0.39 is 5.97 Å². The molecule has 15 heavy (non-hydrogen) atoms. The zero-order valence-electron chi connectivity index (χ0n) is 9.03. The van der Waals surface area contributed by atoms with Crippen molar-refractivity contribution >= 4 is 5.97 Å². The van der Waals surface area contributed by atoms with E-state index in [4.69, 9.17) is 5.11 Å². The Balaban J connectivity index is 2.42. The second-order valence-corrected chi connectivity index (χ2v) is 4.28. The largest absolute Gasteiger partial charge is 0.477 e. The van der Waals surface area contributed by atoms with Crippen molar-refractivity contribution in [2.75, 3.05) is 6.54 Å². The van der Waals surface area contributed by atoms with Crippen LogP contribution in [0.5, 0.6) is 0 Å². The number of nitrogens with one attached hydrogen (secondary N) is 1. The third-order valence-electron chi connectivity index (χ3n) is 2.92. The van der Waals surface area contributed by atoms with Gasteiger partial charge in [0.15, 0.2) is 0 Å². The van der Waals surface area contributed by atoms with Crippen LogP contribution >= 0.6 is 0 Å². The summed E-state index contributed by atoms with van der Waals surface area (Å²) in [4.78, 5) is 11.0. The molecule has 0 bridgehead atoms. The van der Waals surface area contributed by atoms with E-state index in [1.807, 2.05) is 10.6 Å². The molecule has 1 unspecified atom stereocenters. The Morgan fingerprint density at radius 2 is 2.33 bits per heavy atom. The highest BCUT2D eigenvalue weighted by Gasteiger charge is 2.25. The summed E-state index contributed by atoms with van der Waals surface area (Å²) < 4.78 is 1.91. The Kier molecular flexibility index (Phi) is 2.52. The number of fused-ring (bicyclic) bond motifs is 1. The lowest BCUT2D eigenvalue weighted by Gasteiger charge is -2.29. The molecule has 1 atom stereocenters. The summed E-state index contributed by atoms with van der Waals surface area (Å²) in [6.45, 7) is 5.86. The second-order valence-electron chi connectivity index (χ2n) is 4.28. The average Bonchev–Trinajstić information content (AvgIpc) is 2.59. The van der Waals surface area contributed by atoms with E-state index in [0.717, 1.165) is 18.8 Å². The number of carbonyl (C=O) groups is 1. The fourth-order valence-electron chi connectivity index (χ4n) is 2.20. The smallest absolute Gasteiger partial charge is 0.352 e. The molecule has 4 nitrogen and oxygen atoms in total. The van der Waals surface area contributed by atoms with Crippen molar-refractivity contribution in [3.8, 4) is 0 Å². The minimum absolute atomic E-state index is 0.270. The van der Waals surface area contributed by atoms with Crippen molar-refractivity contribution in [2.24, 2.45) is 5.92 Å². The lowest BCUT2D eigenvalue weighted by atomic mass is 10.00. The van der Waals surface area contributed by atoms with Crippen LogP contribution in [0.25, 0.3) is 0 Å². The van der Waals surface area contributed by atoms with Gasteiger partial charge in [0, 0.05) is 24.8 Å². The highest BCUT2D eigenvalue weighted by Crippen LogP contribution is 2.26. The van der Waals surface area contributed by atoms with Crippen LogP contribution in [0.15, 0.2) is 12.1 Å². The van der Waals surface area contributed by atoms with Gasteiger partial charge in [-0.2, -0.15) is 0 Å². The molecule has 1 aliphatic rings. The van der Waals surface area contributed by atoms with E-state index in [1.165, 1.54) is 0 Å². The van der Waals surface area contributed by atoms with Gasteiger partial charge in [0.25, 0.3) is 0 Å². The molecule has 4 heteroatoms. The van der Waals surface area contributed by atoms with Crippen LogP contribution in [-0.4, -0.2) is 22.2 Å². The number of hydrogen-bond acceptors (Lipinski definition) is 2. The van der Waals surface area contributed by atoms with Crippen molar-refractivity contribution in [3.05, 3.63) is 23.5 Å². The first-order chi connectivity index (χ1) is 7.11. The third-order valence-corrected chi connectivity index (χ3v) is 2.92. The van der Waals surface area contributed by atoms with Gasteiger partial charge in [-0.15, -0.1) is 0 Å². The quantitative estimate of drug-likeness (QED) is 0.774. The van der Waals surface area contributed by atoms with E-state index in [0.29, 0.717) is 11.6 Å². The van der Waals surface area contributed by atoms with Gasteiger partial charge in [-0.3, -0.25) is 0 Å². The summed E-state index contributed by atoms with van der Waals surface area (Å²) in [6.07, 6.45) is 0. The normalized spacial score (nSPS) is 20.3. The first-order valence-corrected chi connectivity index (χ1v) is 5.27. The van der Waals surface area contributed by atoms with Crippen molar-refractivity contribution in [3.63, 3.8) is 0 Å². The number of hydrogen-bond donors (Lipinski definition) is 2. The minimum Gasteiger partial charge on any atom is -0.477 e. The van der Waals surface area contributed by atoms with Crippen LogP contribution in [0.2, 0.25) is 0 Å². The summed E-state index contributed by atoms with van der Waals surface area (Å²) in [5.41, 5.74) is 1.49. The van der Waals surface area contributed by atoms with Crippen LogP contribution < -0.4 is 5.32 Å². The van der Waals surface area contributed by atoms with Crippen LogP contribution in [0.4, 0.5) is 0 Å². The van der Waals surface area contributed by atoms with Crippen LogP contribution in [0, 0.1) is 5.92 Å². The molecule has 0 radical (unpaired) electrons. The second kappa shape index (κ2) is 3.70. The standard InChI is InChI=1S/C11H16N2O2/c1-7(2)10-8-3-4-9(11(14)15)13(8)6-5-12-10/h3-4,7,10,12H,5-6H2,1-2H3,(H,14,15). The zero-order valence-corrected chi connectivity index (χ0v) is 9.03. The molecule has 2 N–H and O–H groups in total. The fraction of sp³-hybridized carbons (Fsp3) is 0.545. The maximum Gasteiger partial charge on any atom is 0.352 e.